The molecule has 1 aliphatic rings. The lowest BCUT2D eigenvalue weighted by Gasteiger charge is -2.18. The van der Waals surface area contributed by atoms with Crippen molar-refractivity contribution in [2.45, 2.75) is 6.10 Å². The van der Waals surface area contributed by atoms with Gasteiger partial charge in [-0.05, 0) is 42.5 Å². The van der Waals surface area contributed by atoms with Gasteiger partial charge < -0.3 is 14.8 Å². The van der Waals surface area contributed by atoms with E-state index >= 15 is 0 Å². The quantitative estimate of drug-likeness (QED) is 0.462. The topological polar surface area (TPSA) is 102 Å². The minimum absolute atomic E-state index is 0.0587. The summed E-state index contributed by atoms with van der Waals surface area (Å²) in [4.78, 5) is 51.3. The van der Waals surface area contributed by atoms with Gasteiger partial charge in [-0.2, -0.15) is 0 Å². The molecule has 166 valence electrons. The fourth-order valence-electron chi connectivity index (χ4n) is 3.45. The predicted octanol–water partition coefficient (Wildman–Crippen LogP) is 3.46. The van der Waals surface area contributed by atoms with Crippen LogP contribution < -0.4 is 10.1 Å². The number of hydrogen-bond acceptors (Lipinski definition) is 6. The van der Waals surface area contributed by atoms with E-state index in [1.54, 1.807) is 61.7 Å². The first-order valence-electron chi connectivity index (χ1n) is 10.1. The Kier molecular flexibility index (Phi) is 5.91. The Morgan fingerprint density at radius 1 is 0.879 bits per heavy atom. The molecule has 0 saturated heterocycles. The predicted molar refractivity (Wildman–Crippen MR) is 119 cm³/mol. The minimum Gasteiger partial charge on any atom is -0.497 e. The lowest BCUT2D eigenvalue weighted by molar-refractivity contribution is -0.125. The number of hydrogen-bond donors (Lipinski definition) is 1. The van der Waals surface area contributed by atoms with Crippen LogP contribution in [0.1, 0.15) is 42.7 Å². The third-order valence-corrected chi connectivity index (χ3v) is 5.25. The second-order valence-electron chi connectivity index (χ2n) is 7.34. The first-order valence-corrected chi connectivity index (χ1v) is 10.1. The van der Waals surface area contributed by atoms with Crippen LogP contribution in [-0.2, 0) is 9.53 Å². The number of amides is 3. The van der Waals surface area contributed by atoms with Crippen LogP contribution in [-0.4, -0.2) is 42.7 Å². The molecule has 1 unspecified atom stereocenters. The average molecular weight is 444 g/mol. The zero-order valence-electron chi connectivity index (χ0n) is 17.9. The molecule has 3 aromatic rings. The molecule has 1 heterocycles. The van der Waals surface area contributed by atoms with Gasteiger partial charge in [0, 0.05) is 18.3 Å². The number of fused-ring (bicyclic) bond motifs is 1. The number of anilines is 1. The lowest BCUT2D eigenvalue weighted by Crippen LogP contribution is -2.26. The van der Waals surface area contributed by atoms with Crippen LogP contribution in [0.5, 0.6) is 5.75 Å². The standard InChI is InChI=1S/C25H20N2O6/c1-27-23(29)19-13-8-16(14-20(19)24(27)30)25(31)33-21(15-6-4-3-5-7-15)22(28)26-17-9-11-18(32-2)12-10-17/h3-14,21H,1-2H3,(H,26,28). The summed E-state index contributed by atoms with van der Waals surface area (Å²) in [7, 11) is 2.91. The van der Waals surface area contributed by atoms with Gasteiger partial charge in [-0.15, -0.1) is 0 Å². The van der Waals surface area contributed by atoms with Crippen molar-refractivity contribution in [2.24, 2.45) is 0 Å². The van der Waals surface area contributed by atoms with Crippen LogP contribution in [0.4, 0.5) is 5.69 Å². The van der Waals surface area contributed by atoms with E-state index in [0.29, 0.717) is 17.0 Å². The van der Waals surface area contributed by atoms with E-state index in [2.05, 4.69) is 5.32 Å². The molecule has 3 aromatic carbocycles. The van der Waals surface area contributed by atoms with Crippen LogP contribution in [0.3, 0.4) is 0 Å². The van der Waals surface area contributed by atoms with E-state index in [0.717, 1.165) is 4.90 Å². The van der Waals surface area contributed by atoms with Crippen LogP contribution >= 0.6 is 0 Å². The number of carbonyl (C=O) groups is 4. The summed E-state index contributed by atoms with van der Waals surface area (Å²) in [5.74, 6) is -1.65. The second kappa shape index (κ2) is 8.96. The first kappa shape index (κ1) is 21.8. The van der Waals surface area contributed by atoms with Gasteiger partial charge in [-0.25, -0.2) is 4.79 Å². The summed E-state index contributed by atoms with van der Waals surface area (Å²) in [6.07, 6.45) is -1.24. The Morgan fingerprint density at radius 3 is 2.21 bits per heavy atom. The number of rotatable bonds is 6. The Morgan fingerprint density at radius 2 is 1.55 bits per heavy atom. The fourth-order valence-corrected chi connectivity index (χ4v) is 3.45. The molecule has 1 atom stereocenters. The molecule has 0 spiro atoms. The summed E-state index contributed by atoms with van der Waals surface area (Å²) < 4.78 is 10.7. The van der Waals surface area contributed by atoms with Crippen molar-refractivity contribution in [3.8, 4) is 5.75 Å². The molecule has 0 saturated carbocycles. The van der Waals surface area contributed by atoms with Gasteiger partial charge in [-0.1, -0.05) is 30.3 Å². The number of esters is 1. The van der Waals surface area contributed by atoms with E-state index in [9.17, 15) is 19.2 Å². The maximum atomic E-state index is 13.0. The highest BCUT2D eigenvalue weighted by atomic mass is 16.5. The van der Waals surface area contributed by atoms with E-state index < -0.39 is 29.8 Å². The number of nitrogens with one attached hydrogen (secondary N) is 1. The fraction of sp³-hybridized carbons (Fsp3) is 0.120. The Balaban J connectivity index is 1.58. The second-order valence-corrected chi connectivity index (χ2v) is 7.34. The zero-order chi connectivity index (χ0) is 23.5. The molecule has 33 heavy (non-hydrogen) atoms. The molecule has 0 bridgehead atoms. The molecular weight excluding hydrogens is 424 g/mol. The third-order valence-electron chi connectivity index (χ3n) is 5.25. The number of ether oxygens (including phenoxy) is 2. The lowest BCUT2D eigenvalue weighted by atomic mass is 10.1. The molecule has 0 radical (unpaired) electrons. The summed E-state index contributed by atoms with van der Waals surface area (Å²) >= 11 is 0. The SMILES string of the molecule is COc1ccc(NC(=O)C(OC(=O)c2ccc3c(c2)C(=O)N(C)C3=O)c2ccccc2)cc1. The molecule has 0 fully saturated rings. The van der Waals surface area contributed by atoms with Gasteiger partial charge in [0.2, 0.25) is 6.10 Å². The van der Waals surface area contributed by atoms with Gasteiger partial charge in [0.1, 0.15) is 5.75 Å². The summed E-state index contributed by atoms with van der Waals surface area (Å²) in [5, 5.41) is 2.73. The first-order chi connectivity index (χ1) is 15.9. The largest absolute Gasteiger partial charge is 0.497 e. The summed E-state index contributed by atoms with van der Waals surface area (Å²) in [6, 6.07) is 19.4. The molecule has 8 nitrogen and oxygen atoms in total. The van der Waals surface area contributed by atoms with E-state index in [1.807, 2.05) is 0 Å². The van der Waals surface area contributed by atoms with Crippen molar-refractivity contribution in [1.29, 1.82) is 0 Å². The van der Waals surface area contributed by atoms with Crippen LogP contribution in [0.15, 0.2) is 72.8 Å². The summed E-state index contributed by atoms with van der Waals surface area (Å²) in [6.45, 7) is 0. The number of benzene rings is 3. The average Bonchev–Trinajstić information content (AvgIpc) is 3.06. The number of carbonyl (C=O) groups excluding carboxylic acids is 4. The van der Waals surface area contributed by atoms with Crippen molar-refractivity contribution in [1.82, 2.24) is 4.90 Å². The highest BCUT2D eigenvalue weighted by Gasteiger charge is 2.34. The Hall–Kier alpha value is -4.46. The maximum absolute atomic E-state index is 13.0. The van der Waals surface area contributed by atoms with Crippen molar-refractivity contribution in [3.05, 3.63) is 95.1 Å². The summed E-state index contributed by atoms with van der Waals surface area (Å²) in [5.41, 5.74) is 1.38. The Labute approximate surface area is 189 Å². The zero-order valence-corrected chi connectivity index (χ0v) is 17.9. The highest BCUT2D eigenvalue weighted by Crippen LogP contribution is 2.26. The molecule has 4 rings (SSSR count). The molecule has 0 aliphatic carbocycles. The normalized spacial score (nSPS) is 13.3. The molecule has 1 aliphatic heterocycles. The third kappa shape index (κ3) is 4.31. The van der Waals surface area contributed by atoms with E-state index in [1.165, 1.54) is 25.2 Å². The number of imide groups is 1. The monoisotopic (exact) mass is 444 g/mol. The van der Waals surface area contributed by atoms with E-state index in [4.69, 9.17) is 9.47 Å². The van der Waals surface area contributed by atoms with Gasteiger partial charge in [0.05, 0.1) is 23.8 Å². The van der Waals surface area contributed by atoms with Crippen molar-refractivity contribution in [2.75, 3.05) is 19.5 Å². The van der Waals surface area contributed by atoms with Gasteiger partial charge >= 0.3 is 5.97 Å². The van der Waals surface area contributed by atoms with Gasteiger partial charge in [0.15, 0.2) is 0 Å². The van der Waals surface area contributed by atoms with Gasteiger partial charge in [-0.3, -0.25) is 19.3 Å². The van der Waals surface area contributed by atoms with Crippen molar-refractivity contribution >= 4 is 29.4 Å². The molecule has 0 aromatic heterocycles. The number of nitrogens with zero attached hydrogens (tertiary/aromatic N) is 1. The van der Waals surface area contributed by atoms with Gasteiger partial charge in [0.25, 0.3) is 17.7 Å². The van der Waals surface area contributed by atoms with Crippen LogP contribution in [0.2, 0.25) is 0 Å². The molecule has 1 N–H and O–H groups in total. The maximum Gasteiger partial charge on any atom is 0.339 e. The van der Waals surface area contributed by atoms with Crippen LogP contribution in [0, 0.1) is 0 Å². The van der Waals surface area contributed by atoms with E-state index in [-0.39, 0.29) is 16.7 Å². The molecular formula is C25H20N2O6. The molecule has 3 amide bonds. The minimum atomic E-state index is -1.24. The van der Waals surface area contributed by atoms with Crippen molar-refractivity contribution in [3.63, 3.8) is 0 Å². The van der Waals surface area contributed by atoms with Crippen molar-refractivity contribution < 1.29 is 28.7 Å². The number of methoxy groups -OCH3 is 1. The smallest absolute Gasteiger partial charge is 0.339 e. The Bertz CT molecular complexity index is 1240. The highest BCUT2D eigenvalue weighted by molar-refractivity contribution is 6.21. The molecule has 8 heteroatoms. The van der Waals surface area contributed by atoms with Crippen LogP contribution in [0.25, 0.3) is 0 Å².